The van der Waals surface area contributed by atoms with E-state index in [4.69, 9.17) is 9.73 Å². The van der Waals surface area contributed by atoms with Crippen LogP contribution in [0.4, 0.5) is 10.1 Å². The molecule has 1 aromatic heterocycles. The number of nitrogens with one attached hydrogen (secondary N) is 2. The number of aromatic nitrogens is 2. The lowest BCUT2D eigenvalue weighted by atomic mass is 9.99. The van der Waals surface area contributed by atoms with Crippen LogP contribution in [0.25, 0.3) is 5.70 Å². The number of nitrogens with zero attached hydrogens (tertiary/aromatic N) is 3. The molecule has 0 amide bonds. The molecule has 0 saturated heterocycles. The molecule has 2 N–H and O–H groups in total. The molecule has 39 heavy (non-hydrogen) atoms. The number of ether oxygens (including phenoxy) is 1. The highest BCUT2D eigenvalue weighted by molar-refractivity contribution is 5.99. The third-order valence-electron chi connectivity index (χ3n) is 6.82. The Morgan fingerprint density at radius 3 is 2.62 bits per heavy atom. The summed E-state index contributed by atoms with van der Waals surface area (Å²) in [5.74, 6) is 1.54. The van der Waals surface area contributed by atoms with E-state index < -0.39 is 0 Å². The average molecular weight is 524 g/mol. The fourth-order valence-corrected chi connectivity index (χ4v) is 4.80. The Bertz CT molecular complexity index is 1430. The number of hydrogen-bond acceptors (Lipinski definition) is 5. The summed E-state index contributed by atoms with van der Waals surface area (Å²) in [5, 5.41) is 7.14. The molecule has 0 bridgehead atoms. The van der Waals surface area contributed by atoms with Crippen LogP contribution in [0, 0.1) is 12.7 Å². The maximum Gasteiger partial charge on any atom is 0.125 e. The molecule has 6 nitrogen and oxygen atoms in total. The molecule has 0 saturated carbocycles. The molecule has 1 atom stereocenters. The van der Waals surface area contributed by atoms with Crippen molar-refractivity contribution < 1.29 is 9.13 Å². The number of hydrogen-bond donors (Lipinski definition) is 2. The third kappa shape index (κ3) is 6.74. The van der Waals surface area contributed by atoms with Crippen molar-refractivity contribution in [2.24, 2.45) is 4.99 Å². The van der Waals surface area contributed by atoms with Crippen molar-refractivity contribution in [3.05, 3.63) is 125 Å². The van der Waals surface area contributed by atoms with Crippen molar-refractivity contribution in [3.63, 3.8) is 0 Å². The van der Waals surface area contributed by atoms with E-state index in [1.54, 1.807) is 19.2 Å². The van der Waals surface area contributed by atoms with Gasteiger partial charge < -0.3 is 19.9 Å². The number of benzene rings is 2. The van der Waals surface area contributed by atoms with Crippen LogP contribution < -0.4 is 10.6 Å². The van der Waals surface area contributed by atoms with E-state index in [0.717, 1.165) is 71.2 Å². The molecule has 2 aliphatic rings. The summed E-state index contributed by atoms with van der Waals surface area (Å²) in [6.45, 7) is 2.76. The minimum atomic E-state index is -0.258. The fourth-order valence-electron chi connectivity index (χ4n) is 4.80. The third-order valence-corrected chi connectivity index (χ3v) is 6.82. The highest BCUT2D eigenvalue weighted by Gasteiger charge is 2.19. The Balaban J connectivity index is 1.39. The van der Waals surface area contributed by atoms with Gasteiger partial charge in [0.25, 0.3) is 0 Å². The van der Waals surface area contributed by atoms with Crippen LogP contribution in [0.3, 0.4) is 0 Å². The van der Waals surface area contributed by atoms with Crippen LogP contribution >= 0.6 is 0 Å². The van der Waals surface area contributed by atoms with Crippen LogP contribution in [0.15, 0.2) is 113 Å². The van der Waals surface area contributed by atoms with E-state index in [1.165, 1.54) is 12.1 Å². The predicted octanol–water partition coefficient (Wildman–Crippen LogP) is 6.94. The lowest BCUT2D eigenvalue weighted by molar-refractivity contribution is 0.284. The van der Waals surface area contributed by atoms with Crippen LogP contribution in [-0.4, -0.2) is 29.0 Å². The molecule has 0 fully saturated rings. The molecule has 1 aliphatic carbocycles. The number of aryl methyl sites for hydroxylation is 1. The lowest BCUT2D eigenvalue weighted by Crippen LogP contribution is -2.36. The zero-order chi connectivity index (χ0) is 27.0. The van der Waals surface area contributed by atoms with Gasteiger partial charge in [0.2, 0.25) is 0 Å². The molecular weight excluding hydrogens is 489 g/mol. The van der Waals surface area contributed by atoms with Gasteiger partial charge in [-0.3, -0.25) is 4.99 Å². The number of anilines is 1. The smallest absolute Gasteiger partial charge is 0.125 e. The van der Waals surface area contributed by atoms with Crippen molar-refractivity contribution in [2.45, 2.75) is 38.8 Å². The minimum Gasteiger partial charge on any atom is -0.499 e. The number of aliphatic imine (C=N–C) groups is 1. The topological polar surface area (TPSA) is 63.5 Å². The van der Waals surface area contributed by atoms with E-state index in [1.807, 2.05) is 42.2 Å². The molecule has 2 heterocycles. The van der Waals surface area contributed by atoms with Gasteiger partial charge in [0.1, 0.15) is 23.6 Å². The SMILES string of the molecule is CO/C1=C(\n2cnc(C)c2)C\C=C/C(/C=C2\CCCN=C2NC(Nc2ccc(F)cc2)c2ccccc2)=C\C1. The maximum atomic E-state index is 13.5. The second kappa shape index (κ2) is 12.4. The standard InChI is InChI=1S/C32H34FN5O/c1-23-21-38(22-35-23)29-12-6-8-24(13-18-30(29)39-2)20-26-11-7-19-34-31(26)37-32(25-9-4-3-5-10-25)36-28-16-14-27(33)15-17-28/h3-6,8-10,13-17,20-22,32,36H,7,11-12,18-19H2,1-2H3,(H,34,37)/b8-6-,24-13+,26-20+,30-29-. The van der Waals surface area contributed by atoms with Crippen molar-refractivity contribution in [1.29, 1.82) is 0 Å². The van der Waals surface area contributed by atoms with Gasteiger partial charge >= 0.3 is 0 Å². The monoisotopic (exact) mass is 523 g/mol. The molecule has 1 unspecified atom stereocenters. The van der Waals surface area contributed by atoms with Gasteiger partial charge in [-0.15, -0.1) is 0 Å². The lowest BCUT2D eigenvalue weighted by Gasteiger charge is -2.26. The first kappa shape index (κ1) is 26.2. The minimum absolute atomic E-state index is 0.233. The first-order valence-electron chi connectivity index (χ1n) is 13.3. The Morgan fingerprint density at radius 1 is 1.05 bits per heavy atom. The van der Waals surface area contributed by atoms with Gasteiger partial charge in [-0.2, -0.15) is 0 Å². The first-order chi connectivity index (χ1) is 19.1. The van der Waals surface area contributed by atoms with Gasteiger partial charge in [-0.05, 0) is 66.8 Å². The largest absolute Gasteiger partial charge is 0.499 e. The summed E-state index contributed by atoms with van der Waals surface area (Å²) in [5.41, 5.74) is 6.25. The number of allylic oxidation sites excluding steroid dienone is 6. The van der Waals surface area contributed by atoms with Gasteiger partial charge in [0.15, 0.2) is 0 Å². The summed E-state index contributed by atoms with van der Waals surface area (Å²) < 4.78 is 21.3. The summed E-state index contributed by atoms with van der Waals surface area (Å²) in [6, 6.07) is 16.6. The average Bonchev–Trinajstić information content (AvgIpc) is 3.38. The zero-order valence-electron chi connectivity index (χ0n) is 22.4. The van der Waals surface area contributed by atoms with Crippen molar-refractivity contribution in [2.75, 3.05) is 19.0 Å². The Kier molecular flexibility index (Phi) is 8.36. The molecule has 7 heteroatoms. The normalized spacial score (nSPS) is 21.7. The molecule has 3 aromatic rings. The van der Waals surface area contributed by atoms with Crippen LogP contribution in [0.1, 0.15) is 43.1 Å². The number of halogens is 1. The zero-order valence-corrected chi connectivity index (χ0v) is 22.4. The van der Waals surface area contributed by atoms with E-state index in [2.05, 4.69) is 52.1 Å². The molecule has 0 radical (unpaired) electrons. The first-order valence-corrected chi connectivity index (χ1v) is 13.3. The van der Waals surface area contributed by atoms with Gasteiger partial charge in [-0.25, -0.2) is 9.37 Å². The van der Waals surface area contributed by atoms with E-state index >= 15 is 0 Å². The van der Waals surface area contributed by atoms with E-state index in [9.17, 15) is 4.39 Å². The molecular formula is C32H34FN5O. The van der Waals surface area contributed by atoms with Crippen molar-refractivity contribution in [1.82, 2.24) is 14.9 Å². The number of amidine groups is 1. The molecule has 200 valence electrons. The van der Waals surface area contributed by atoms with Gasteiger partial charge in [0, 0.05) is 31.3 Å². The molecule has 1 aliphatic heterocycles. The summed E-state index contributed by atoms with van der Waals surface area (Å²) in [7, 11) is 1.73. The second-order valence-corrected chi connectivity index (χ2v) is 9.65. The van der Waals surface area contributed by atoms with Crippen LogP contribution in [-0.2, 0) is 4.74 Å². The number of rotatable bonds is 7. The Morgan fingerprint density at radius 2 is 1.87 bits per heavy atom. The van der Waals surface area contributed by atoms with Gasteiger partial charge in [0.05, 0.1) is 24.8 Å². The van der Waals surface area contributed by atoms with Crippen molar-refractivity contribution in [3.8, 4) is 0 Å². The molecule has 0 spiro atoms. The number of methoxy groups -OCH3 is 1. The summed E-state index contributed by atoms with van der Waals surface area (Å²) in [6.07, 6.45) is 15.8. The van der Waals surface area contributed by atoms with E-state index in [0.29, 0.717) is 6.42 Å². The summed E-state index contributed by atoms with van der Waals surface area (Å²) >= 11 is 0. The molecule has 2 aromatic carbocycles. The second-order valence-electron chi connectivity index (χ2n) is 9.65. The molecule has 5 rings (SSSR count). The Hall–Kier alpha value is -4.39. The van der Waals surface area contributed by atoms with E-state index in [-0.39, 0.29) is 12.0 Å². The van der Waals surface area contributed by atoms with Gasteiger partial charge in [-0.1, -0.05) is 48.6 Å². The highest BCUT2D eigenvalue weighted by atomic mass is 19.1. The maximum absolute atomic E-state index is 13.5. The van der Waals surface area contributed by atoms with Crippen LogP contribution in [0.5, 0.6) is 0 Å². The fraction of sp³-hybridized carbons (Fsp3) is 0.250. The number of imidazole rings is 1. The van der Waals surface area contributed by atoms with Crippen molar-refractivity contribution >= 4 is 17.2 Å². The quantitative estimate of drug-likeness (QED) is 0.329. The highest BCUT2D eigenvalue weighted by Crippen LogP contribution is 2.26. The summed E-state index contributed by atoms with van der Waals surface area (Å²) in [4.78, 5) is 9.24. The Labute approximate surface area is 229 Å². The predicted molar refractivity (Wildman–Crippen MR) is 156 cm³/mol. The van der Waals surface area contributed by atoms with Crippen LogP contribution in [0.2, 0.25) is 0 Å².